The highest BCUT2D eigenvalue weighted by atomic mass is 32.1. The molecule has 0 aliphatic carbocycles. The first kappa shape index (κ1) is 27.9. The molecule has 0 saturated heterocycles. The van der Waals surface area contributed by atoms with Crippen molar-refractivity contribution in [2.45, 2.75) is 0 Å². The number of fused-ring (bicyclic) bond motifs is 10. The van der Waals surface area contributed by atoms with Gasteiger partial charge in [-0.15, -0.1) is 11.3 Å². The molecule has 228 valence electrons. The molecule has 2 heterocycles. The zero-order valence-corrected chi connectivity index (χ0v) is 27.3. The molecule has 0 bridgehead atoms. The minimum atomic E-state index is 0.718. The van der Waals surface area contributed by atoms with Crippen LogP contribution in [-0.4, -0.2) is 9.97 Å². The third-order valence-electron chi connectivity index (χ3n) is 9.68. The summed E-state index contributed by atoms with van der Waals surface area (Å²) in [6.45, 7) is 0. The Morgan fingerprint density at radius 1 is 0.327 bits per heavy atom. The van der Waals surface area contributed by atoms with Gasteiger partial charge in [-0.2, -0.15) is 0 Å². The SMILES string of the molecule is c1ccc(-c2ccc(-c3cc(-c4ccc5c(c4)c4ccccc4c4c5ccc5c6ccccc6sc54)nc(-c4ccccc4)n3)cc2)cc1. The summed E-state index contributed by atoms with van der Waals surface area (Å²) in [6, 6.07) is 60.7. The van der Waals surface area contributed by atoms with Gasteiger partial charge >= 0.3 is 0 Å². The van der Waals surface area contributed by atoms with Crippen LogP contribution in [0.3, 0.4) is 0 Å². The van der Waals surface area contributed by atoms with Crippen LogP contribution in [0.5, 0.6) is 0 Å². The van der Waals surface area contributed by atoms with Gasteiger partial charge in [0.1, 0.15) is 0 Å². The standard InChI is InChI=1S/C46H28N2S/c1-3-11-29(12-4-1)30-19-21-31(22-20-30)41-28-42(48-46(47-41)32-13-5-2-6-14-32)33-23-24-35-38-25-26-39-36-16-9-10-18-43(36)49-45(39)44(38)37-17-8-7-15-34(37)40(35)27-33/h1-28H. The molecule has 0 radical (unpaired) electrons. The number of hydrogen-bond acceptors (Lipinski definition) is 3. The number of rotatable bonds is 4. The molecule has 10 aromatic rings. The van der Waals surface area contributed by atoms with E-state index >= 15 is 0 Å². The lowest BCUT2D eigenvalue weighted by Gasteiger charge is -2.14. The average Bonchev–Trinajstić information content (AvgIpc) is 3.57. The third-order valence-corrected chi connectivity index (χ3v) is 10.9. The molecule has 0 unspecified atom stereocenters. The van der Waals surface area contributed by atoms with E-state index in [1.807, 2.05) is 35.6 Å². The first-order valence-electron chi connectivity index (χ1n) is 16.6. The van der Waals surface area contributed by atoms with Crippen LogP contribution in [0.2, 0.25) is 0 Å². The van der Waals surface area contributed by atoms with Gasteiger partial charge in [0.05, 0.1) is 11.4 Å². The van der Waals surface area contributed by atoms with Crippen molar-refractivity contribution in [1.29, 1.82) is 0 Å². The zero-order valence-electron chi connectivity index (χ0n) is 26.5. The monoisotopic (exact) mass is 640 g/mol. The van der Waals surface area contributed by atoms with Crippen LogP contribution in [0.1, 0.15) is 0 Å². The number of benzene rings is 8. The molecule has 2 aromatic heterocycles. The molecule has 0 atom stereocenters. The van der Waals surface area contributed by atoms with Crippen LogP contribution >= 0.6 is 11.3 Å². The van der Waals surface area contributed by atoms with Crippen LogP contribution in [0.15, 0.2) is 170 Å². The molecule has 0 spiro atoms. The fourth-order valence-corrected chi connectivity index (χ4v) is 8.57. The highest BCUT2D eigenvalue weighted by Gasteiger charge is 2.17. The van der Waals surface area contributed by atoms with E-state index in [9.17, 15) is 0 Å². The van der Waals surface area contributed by atoms with Gasteiger partial charge in [0, 0.05) is 42.2 Å². The second-order valence-electron chi connectivity index (χ2n) is 12.5. The van der Waals surface area contributed by atoms with E-state index in [1.54, 1.807) is 0 Å². The molecule has 8 aromatic carbocycles. The van der Waals surface area contributed by atoms with E-state index < -0.39 is 0 Å². The second kappa shape index (κ2) is 11.2. The molecule has 0 aliphatic rings. The van der Waals surface area contributed by atoms with Crippen LogP contribution in [0.4, 0.5) is 0 Å². The number of thiophene rings is 1. The summed E-state index contributed by atoms with van der Waals surface area (Å²) in [5.41, 5.74) is 7.32. The summed E-state index contributed by atoms with van der Waals surface area (Å²) in [6.07, 6.45) is 0. The lowest BCUT2D eigenvalue weighted by molar-refractivity contribution is 1.18. The Hall–Kier alpha value is -6.16. The van der Waals surface area contributed by atoms with Crippen LogP contribution in [0.25, 0.3) is 97.5 Å². The molecule has 0 saturated carbocycles. The highest BCUT2D eigenvalue weighted by molar-refractivity contribution is 7.26. The predicted octanol–water partition coefficient (Wildman–Crippen LogP) is 13.0. The Balaban J connectivity index is 1.18. The summed E-state index contributed by atoms with van der Waals surface area (Å²) in [7, 11) is 0. The quantitative estimate of drug-likeness (QED) is 0.179. The van der Waals surface area contributed by atoms with Crippen molar-refractivity contribution in [1.82, 2.24) is 9.97 Å². The zero-order chi connectivity index (χ0) is 32.3. The maximum absolute atomic E-state index is 5.17. The maximum Gasteiger partial charge on any atom is 0.160 e. The topological polar surface area (TPSA) is 25.8 Å². The Labute approximate surface area is 287 Å². The average molecular weight is 641 g/mol. The van der Waals surface area contributed by atoms with E-state index in [0.717, 1.165) is 33.9 Å². The van der Waals surface area contributed by atoms with Gasteiger partial charge < -0.3 is 0 Å². The van der Waals surface area contributed by atoms with Gasteiger partial charge in [-0.25, -0.2) is 9.97 Å². The smallest absolute Gasteiger partial charge is 0.160 e. The first-order chi connectivity index (χ1) is 24.3. The molecule has 49 heavy (non-hydrogen) atoms. The molecule has 0 aliphatic heterocycles. The van der Waals surface area contributed by atoms with E-state index in [0.29, 0.717) is 0 Å². The molecule has 0 fully saturated rings. The summed E-state index contributed by atoms with van der Waals surface area (Å²) >= 11 is 1.90. The molecular weight excluding hydrogens is 613 g/mol. The lowest BCUT2D eigenvalue weighted by Crippen LogP contribution is -1.96. The summed E-state index contributed by atoms with van der Waals surface area (Å²) in [5.74, 6) is 0.718. The Morgan fingerprint density at radius 2 is 0.837 bits per heavy atom. The molecule has 10 rings (SSSR count). The van der Waals surface area contributed by atoms with E-state index in [1.165, 1.54) is 63.6 Å². The van der Waals surface area contributed by atoms with Gasteiger partial charge in [-0.05, 0) is 56.3 Å². The van der Waals surface area contributed by atoms with Crippen molar-refractivity contribution < 1.29 is 0 Å². The van der Waals surface area contributed by atoms with E-state index in [-0.39, 0.29) is 0 Å². The number of nitrogens with zero attached hydrogens (tertiary/aromatic N) is 2. The van der Waals surface area contributed by atoms with Crippen molar-refractivity contribution in [2.24, 2.45) is 0 Å². The van der Waals surface area contributed by atoms with Gasteiger partial charge in [0.2, 0.25) is 0 Å². The Bertz CT molecular complexity index is 2830. The largest absolute Gasteiger partial charge is 0.228 e. The van der Waals surface area contributed by atoms with Crippen LogP contribution in [-0.2, 0) is 0 Å². The minimum absolute atomic E-state index is 0.718. The normalized spacial score (nSPS) is 11.7. The fraction of sp³-hybridized carbons (Fsp3) is 0. The van der Waals surface area contributed by atoms with Crippen LogP contribution < -0.4 is 0 Å². The summed E-state index contributed by atoms with van der Waals surface area (Å²) in [4.78, 5) is 10.3. The van der Waals surface area contributed by atoms with Crippen molar-refractivity contribution in [3.05, 3.63) is 170 Å². The molecular formula is C46H28N2S. The number of hydrogen-bond donors (Lipinski definition) is 0. The highest BCUT2D eigenvalue weighted by Crippen LogP contribution is 2.45. The van der Waals surface area contributed by atoms with Gasteiger partial charge in [-0.1, -0.05) is 152 Å². The van der Waals surface area contributed by atoms with Crippen molar-refractivity contribution in [3.63, 3.8) is 0 Å². The van der Waals surface area contributed by atoms with E-state index in [2.05, 4.69) is 146 Å². The maximum atomic E-state index is 5.17. The van der Waals surface area contributed by atoms with Crippen LogP contribution in [0, 0.1) is 0 Å². The molecule has 0 N–H and O–H groups in total. The van der Waals surface area contributed by atoms with Crippen molar-refractivity contribution >= 4 is 63.8 Å². The molecule has 0 amide bonds. The van der Waals surface area contributed by atoms with Gasteiger partial charge in [0.15, 0.2) is 5.82 Å². The summed E-state index contributed by atoms with van der Waals surface area (Å²) < 4.78 is 2.68. The Kier molecular flexibility index (Phi) is 6.39. The lowest BCUT2D eigenvalue weighted by atomic mass is 9.92. The first-order valence-corrected chi connectivity index (χ1v) is 17.4. The van der Waals surface area contributed by atoms with E-state index in [4.69, 9.17) is 9.97 Å². The Morgan fingerprint density at radius 3 is 1.61 bits per heavy atom. The minimum Gasteiger partial charge on any atom is -0.228 e. The van der Waals surface area contributed by atoms with Gasteiger partial charge in [0.25, 0.3) is 0 Å². The molecule has 3 heteroatoms. The van der Waals surface area contributed by atoms with Gasteiger partial charge in [-0.3, -0.25) is 0 Å². The second-order valence-corrected chi connectivity index (χ2v) is 13.6. The predicted molar refractivity (Wildman–Crippen MR) is 209 cm³/mol. The summed E-state index contributed by atoms with van der Waals surface area (Å²) in [5, 5.41) is 10.3. The number of aromatic nitrogens is 2. The van der Waals surface area contributed by atoms with Crippen molar-refractivity contribution in [2.75, 3.05) is 0 Å². The fourth-order valence-electron chi connectivity index (χ4n) is 7.30. The van der Waals surface area contributed by atoms with Crippen molar-refractivity contribution in [3.8, 4) is 45.0 Å². The third kappa shape index (κ3) is 4.62. The molecule has 2 nitrogen and oxygen atoms in total.